The van der Waals surface area contributed by atoms with Crippen LogP contribution >= 0.6 is 43.5 Å². The van der Waals surface area contributed by atoms with Gasteiger partial charge in [0.1, 0.15) is 4.60 Å². The highest BCUT2D eigenvalue weighted by Gasteiger charge is 2.12. The van der Waals surface area contributed by atoms with E-state index < -0.39 is 0 Å². The van der Waals surface area contributed by atoms with Gasteiger partial charge in [0.25, 0.3) is 5.91 Å². The fourth-order valence-electron chi connectivity index (χ4n) is 1.34. The van der Waals surface area contributed by atoms with E-state index in [1.165, 1.54) is 0 Å². The average molecular weight is 390 g/mol. The van der Waals surface area contributed by atoms with Gasteiger partial charge in [-0.3, -0.25) is 4.79 Å². The Labute approximate surface area is 126 Å². The molecule has 0 aliphatic rings. The number of nitrogens with zero attached hydrogens (tertiary/aromatic N) is 1. The molecule has 0 aliphatic heterocycles. The number of pyridine rings is 1. The van der Waals surface area contributed by atoms with E-state index in [0.29, 0.717) is 20.9 Å². The molecule has 0 spiro atoms. The van der Waals surface area contributed by atoms with Gasteiger partial charge in [-0.25, -0.2) is 4.98 Å². The summed E-state index contributed by atoms with van der Waals surface area (Å²) in [6, 6.07) is 8.63. The van der Waals surface area contributed by atoms with Gasteiger partial charge in [-0.2, -0.15) is 0 Å². The van der Waals surface area contributed by atoms with Crippen LogP contribution in [0.5, 0.6) is 0 Å². The van der Waals surface area contributed by atoms with Gasteiger partial charge >= 0.3 is 0 Å². The number of hydrogen-bond acceptors (Lipinski definition) is 2. The SMILES string of the molecule is O=C(Nc1cc(Br)ccc1Cl)c1cccnc1Br. The lowest BCUT2D eigenvalue weighted by Gasteiger charge is -2.08. The number of aromatic nitrogens is 1. The van der Waals surface area contributed by atoms with Crippen molar-refractivity contribution in [2.45, 2.75) is 0 Å². The molecule has 0 saturated heterocycles. The fourth-order valence-corrected chi connectivity index (χ4v) is 2.29. The van der Waals surface area contributed by atoms with Gasteiger partial charge in [0.2, 0.25) is 0 Å². The number of amides is 1. The molecule has 0 bridgehead atoms. The quantitative estimate of drug-likeness (QED) is 0.767. The smallest absolute Gasteiger partial charge is 0.258 e. The molecule has 0 fully saturated rings. The standard InChI is InChI=1S/C12H7Br2ClN2O/c13-7-3-4-9(15)10(6-7)17-12(18)8-2-1-5-16-11(8)14/h1-6H,(H,17,18). The van der Waals surface area contributed by atoms with E-state index in [1.54, 1.807) is 36.5 Å². The van der Waals surface area contributed by atoms with Gasteiger partial charge in [0, 0.05) is 10.7 Å². The lowest BCUT2D eigenvalue weighted by Crippen LogP contribution is -2.13. The molecule has 0 unspecified atom stereocenters. The van der Waals surface area contributed by atoms with Crippen molar-refractivity contribution < 1.29 is 4.79 Å². The second kappa shape index (κ2) is 5.82. The Kier molecular flexibility index (Phi) is 4.37. The predicted molar refractivity (Wildman–Crippen MR) is 79.0 cm³/mol. The summed E-state index contributed by atoms with van der Waals surface area (Å²) in [5.74, 6) is -0.269. The van der Waals surface area contributed by atoms with E-state index in [4.69, 9.17) is 11.6 Å². The Morgan fingerprint density at radius 2 is 2.06 bits per heavy atom. The predicted octanol–water partition coefficient (Wildman–Crippen LogP) is 4.51. The van der Waals surface area contributed by atoms with Crippen molar-refractivity contribution in [3.8, 4) is 0 Å². The maximum Gasteiger partial charge on any atom is 0.258 e. The zero-order valence-electron chi connectivity index (χ0n) is 8.95. The Hall–Kier alpha value is -0.910. The van der Waals surface area contributed by atoms with Crippen LogP contribution in [0, 0.1) is 0 Å². The Bertz CT molecular complexity index is 604. The van der Waals surface area contributed by atoms with Crippen molar-refractivity contribution in [3.05, 3.63) is 56.2 Å². The summed E-state index contributed by atoms with van der Waals surface area (Å²) < 4.78 is 1.33. The van der Waals surface area contributed by atoms with Crippen molar-refractivity contribution in [3.63, 3.8) is 0 Å². The summed E-state index contributed by atoms with van der Waals surface area (Å²) in [7, 11) is 0. The molecule has 18 heavy (non-hydrogen) atoms. The zero-order chi connectivity index (χ0) is 13.1. The zero-order valence-corrected chi connectivity index (χ0v) is 12.9. The summed E-state index contributed by atoms with van der Waals surface area (Å²) in [4.78, 5) is 16.0. The Balaban J connectivity index is 2.27. The molecule has 1 aromatic carbocycles. The number of rotatable bonds is 2. The Morgan fingerprint density at radius 1 is 1.28 bits per heavy atom. The second-order valence-electron chi connectivity index (χ2n) is 3.42. The molecular formula is C12H7Br2ClN2O. The number of carbonyl (C=O) groups is 1. The lowest BCUT2D eigenvalue weighted by atomic mass is 10.2. The Morgan fingerprint density at radius 3 is 2.78 bits per heavy atom. The average Bonchev–Trinajstić information content (AvgIpc) is 2.34. The van der Waals surface area contributed by atoms with Crippen molar-refractivity contribution >= 4 is 55.1 Å². The van der Waals surface area contributed by atoms with E-state index >= 15 is 0 Å². The third-order valence-electron chi connectivity index (χ3n) is 2.18. The molecule has 3 nitrogen and oxygen atoms in total. The minimum atomic E-state index is -0.269. The molecule has 1 aromatic heterocycles. The summed E-state index contributed by atoms with van der Waals surface area (Å²) >= 11 is 12.6. The summed E-state index contributed by atoms with van der Waals surface area (Å²) in [6.07, 6.45) is 1.60. The first-order valence-electron chi connectivity index (χ1n) is 4.95. The van der Waals surface area contributed by atoms with Crippen LogP contribution in [0.15, 0.2) is 45.6 Å². The van der Waals surface area contributed by atoms with Crippen LogP contribution in [-0.4, -0.2) is 10.9 Å². The van der Waals surface area contributed by atoms with Gasteiger partial charge in [0.15, 0.2) is 0 Å². The summed E-state index contributed by atoms with van der Waals surface area (Å²) in [5, 5.41) is 3.22. The lowest BCUT2D eigenvalue weighted by molar-refractivity contribution is 0.102. The summed E-state index contributed by atoms with van der Waals surface area (Å²) in [6.45, 7) is 0. The number of anilines is 1. The number of hydrogen-bond donors (Lipinski definition) is 1. The highest BCUT2D eigenvalue weighted by atomic mass is 79.9. The molecule has 0 saturated carbocycles. The topological polar surface area (TPSA) is 42.0 Å². The van der Waals surface area contributed by atoms with Gasteiger partial charge in [-0.15, -0.1) is 0 Å². The van der Waals surface area contributed by atoms with Gasteiger partial charge in [-0.1, -0.05) is 27.5 Å². The molecule has 2 aromatic rings. The van der Waals surface area contributed by atoms with Crippen LogP contribution in [0.4, 0.5) is 5.69 Å². The fraction of sp³-hybridized carbons (Fsp3) is 0. The number of benzene rings is 1. The van der Waals surface area contributed by atoms with Gasteiger partial charge in [-0.05, 0) is 46.3 Å². The molecule has 1 N–H and O–H groups in total. The van der Waals surface area contributed by atoms with E-state index in [2.05, 4.69) is 42.2 Å². The highest BCUT2D eigenvalue weighted by Crippen LogP contribution is 2.26. The first-order chi connectivity index (χ1) is 8.58. The van der Waals surface area contributed by atoms with E-state index in [1.807, 2.05) is 0 Å². The molecule has 1 amide bonds. The molecule has 0 atom stereocenters. The van der Waals surface area contributed by atoms with Crippen molar-refractivity contribution in [1.82, 2.24) is 4.98 Å². The maximum atomic E-state index is 12.0. The molecule has 1 heterocycles. The van der Waals surface area contributed by atoms with E-state index in [-0.39, 0.29) is 5.91 Å². The van der Waals surface area contributed by atoms with Gasteiger partial charge < -0.3 is 5.32 Å². The van der Waals surface area contributed by atoms with Crippen molar-refractivity contribution in [1.29, 1.82) is 0 Å². The van der Waals surface area contributed by atoms with Crippen LogP contribution in [-0.2, 0) is 0 Å². The van der Waals surface area contributed by atoms with E-state index in [0.717, 1.165) is 4.47 Å². The third kappa shape index (κ3) is 3.10. The minimum absolute atomic E-state index is 0.269. The molecule has 0 radical (unpaired) electrons. The van der Waals surface area contributed by atoms with Crippen LogP contribution in [0.3, 0.4) is 0 Å². The number of halogens is 3. The van der Waals surface area contributed by atoms with Crippen molar-refractivity contribution in [2.24, 2.45) is 0 Å². The minimum Gasteiger partial charge on any atom is -0.321 e. The highest BCUT2D eigenvalue weighted by molar-refractivity contribution is 9.10. The maximum absolute atomic E-state index is 12.0. The number of carbonyl (C=O) groups excluding carboxylic acids is 1. The van der Waals surface area contributed by atoms with Crippen LogP contribution in [0.25, 0.3) is 0 Å². The molecule has 2 rings (SSSR count). The molecule has 6 heteroatoms. The second-order valence-corrected chi connectivity index (χ2v) is 5.49. The monoisotopic (exact) mass is 388 g/mol. The van der Waals surface area contributed by atoms with Crippen LogP contribution in [0.2, 0.25) is 5.02 Å². The third-order valence-corrected chi connectivity index (χ3v) is 3.64. The molecule has 92 valence electrons. The molecule has 0 aliphatic carbocycles. The summed E-state index contributed by atoms with van der Waals surface area (Å²) in [5.41, 5.74) is 1.00. The normalized spacial score (nSPS) is 10.2. The van der Waals surface area contributed by atoms with Crippen molar-refractivity contribution in [2.75, 3.05) is 5.32 Å². The van der Waals surface area contributed by atoms with Crippen LogP contribution in [0.1, 0.15) is 10.4 Å². The van der Waals surface area contributed by atoms with Gasteiger partial charge in [0.05, 0.1) is 16.3 Å². The first kappa shape index (κ1) is 13.5. The van der Waals surface area contributed by atoms with E-state index in [9.17, 15) is 4.79 Å². The molecular weight excluding hydrogens is 383 g/mol. The van der Waals surface area contributed by atoms with Crippen LogP contribution < -0.4 is 5.32 Å². The largest absolute Gasteiger partial charge is 0.321 e. The number of nitrogens with one attached hydrogen (secondary N) is 1. The first-order valence-corrected chi connectivity index (χ1v) is 6.91.